The van der Waals surface area contributed by atoms with Crippen LogP contribution in [0, 0.1) is 0 Å². The second-order valence-electron chi connectivity index (χ2n) is 14.2. The van der Waals surface area contributed by atoms with Crippen molar-refractivity contribution in [1.82, 2.24) is 0 Å². The molecule has 0 spiro atoms. The van der Waals surface area contributed by atoms with Crippen molar-refractivity contribution in [3.8, 4) is 0 Å². The smallest absolute Gasteiger partial charge is 0.192 e. The molecular formula is C45H49FO8. The number of rotatable bonds is 18. The van der Waals surface area contributed by atoms with Gasteiger partial charge < -0.3 is 37.9 Å². The van der Waals surface area contributed by atoms with Gasteiger partial charge in [0.05, 0.1) is 46.2 Å². The molecule has 7 rings (SSSR count). The highest BCUT2D eigenvalue weighted by Gasteiger charge is 2.52. The van der Waals surface area contributed by atoms with Crippen LogP contribution in [0.15, 0.2) is 133 Å². The number of alkyl halides is 1. The monoisotopic (exact) mass is 736 g/mol. The van der Waals surface area contributed by atoms with E-state index in [1.165, 1.54) is 5.39 Å². The second-order valence-corrected chi connectivity index (χ2v) is 14.2. The lowest BCUT2D eigenvalue weighted by atomic mass is 10.1. The molecule has 5 aromatic rings. The molecule has 9 heteroatoms. The summed E-state index contributed by atoms with van der Waals surface area (Å²) in [5, 5.41) is 2.31. The lowest BCUT2D eigenvalue weighted by molar-refractivity contribution is -0.299. The molecule has 7 unspecified atom stereocenters. The minimum Gasteiger partial charge on any atom is -0.374 e. The van der Waals surface area contributed by atoms with Crippen LogP contribution in [0.25, 0.3) is 10.8 Å². The quantitative estimate of drug-likeness (QED) is 0.0890. The third kappa shape index (κ3) is 10.4. The highest BCUT2D eigenvalue weighted by atomic mass is 19.1. The maximum atomic E-state index is 15.9. The topological polar surface area (TPSA) is 73.8 Å². The molecule has 0 aliphatic carbocycles. The lowest BCUT2D eigenvalue weighted by Crippen LogP contribution is -2.49. The Balaban J connectivity index is 1.14. The van der Waals surface area contributed by atoms with Crippen molar-refractivity contribution in [2.75, 3.05) is 19.8 Å². The molecule has 8 nitrogen and oxygen atoms in total. The van der Waals surface area contributed by atoms with E-state index in [-0.39, 0.29) is 33.0 Å². The summed E-state index contributed by atoms with van der Waals surface area (Å²) in [5.74, 6) is -0.919. The van der Waals surface area contributed by atoms with Crippen LogP contribution in [0.5, 0.6) is 0 Å². The first kappa shape index (κ1) is 38.3. The third-order valence-electron chi connectivity index (χ3n) is 9.69. The fourth-order valence-electron chi connectivity index (χ4n) is 6.80. The molecule has 0 amide bonds. The van der Waals surface area contributed by atoms with Gasteiger partial charge in [0, 0.05) is 0 Å². The standard InChI is InChI=1S/C45H49FO8/c1-45(2)52-31-40-43(54-45)41(46)44(53-40)51-30-39(49-27-33-16-8-4-9-17-33)42(50-28-34-18-10-5-11-19-34)38(48-26-32-14-6-3-7-15-32)29-47-25-35-22-23-36-20-12-13-21-37(36)24-35/h3-24,38-44H,25-31H2,1-2H3. The van der Waals surface area contributed by atoms with Crippen molar-refractivity contribution in [2.24, 2.45) is 0 Å². The molecule has 2 saturated heterocycles. The summed E-state index contributed by atoms with van der Waals surface area (Å²) in [5.41, 5.74) is 4.00. The number of hydrogen-bond acceptors (Lipinski definition) is 8. The highest BCUT2D eigenvalue weighted by Crippen LogP contribution is 2.35. The fraction of sp³-hybridized carbons (Fsp3) is 0.378. The average Bonchev–Trinajstić information content (AvgIpc) is 3.51. The summed E-state index contributed by atoms with van der Waals surface area (Å²) >= 11 is 0. The van der Waals surface area contributed by atoms with Crippen molar-refractivity contribution in [1.29, 1.82) is 0 Å². The Labute approximate surface area is 317 Å². The van der Waals surface area contributed by atoms with Crippen molar-refractivity contribution in [3.05, 3.63) is 156 Å². The molecule has 0 bridgehead atoms. The van der Waals surface area contributed by atoms with Gasteiger partial charge in [-0.25, -0.2) is 4.39 Å². The molecular weight excluding hydrogens is 687 g/mol. The van der Waals surface area contributed by atoms with E-state index in [0.717, 1.165) is 27.6 Å². The second kappa shape index (κ2) is 18.5. The van der Waals surface area contributed by atoms with E-state index in [1.54, 1.807) is 13.8 Å². The minimum atomic E-state index is -1.52. The highest BCUT2D eigenvalue weighted by molar-refractivity contribution is 5.82. The maximum Gasteiger partial charge on any atom is 0.192 e. The van der Waals surface area contributed by atoms with E-state index in [0.29, 0.717) is 13.2 Å². The molecule has 7 atom stereocenters. The van der Waals surface area contributed by atoms with Gasteiger partial charge in [-0.15, -0.1) is 0 Å². The Morgan fingerprint density at radius 2 is 1.19 bits per heavy atom. The fourth-order valence-corrected chi connectivity index (χ4v) is 6.80. The van der Waals surface area contributed by atoms with Gasteiger partial charge in [-0.3, -0.25) is 0 Å². The molecule has 2 aliphatic rings. The van der Waals surface area contributed by atoms with Crippen LogP contribution < -0.4 is 0 Å². The number of fused-ring (bicyclic) bond motifs is 2. The largest absolute Gasteiger partial charge is 0.374 e. The first-order chi connectivity index (χ1) is 26.4. The van der Waals surface area contributed by atoms with E-state index in [2.05, 4.69) is 30.3 Å². The van der Waals surface area contributed by atoms with Crippen molar-refractivity contribution in [3.63, 3.8) is 0 Å². The predicted molar refractivity (Wildman–Crippen MR) is 203 cm³/mol. The lowest BCUT2D eigenvalue weighted by Gasteiger charge is -2.37. The number of halogens is 1. The summed E-state index contributed by atoms with van der Waals surface area (Å²) in [4.78, 5) is 0. The van der Waals surface area contributed by atoms with Crippen molar-refractivity contribution < 1.29 is 42.3 Å². The molecule has 54 heavy (non-hydrogen) atoms. The van der Waals surface area contributed by atoms with Crippen LogP contribution in [0.1, 0.15) is 36.1 Å². The molecule has 2 heterocycles. The molecule has 5 aromatic carbocycles. The third-order valence-corrected chi connectivity index (χ3v) is 9.69. The summed E-state index contributed by atoms with van der Waals surface area (Å²) in [7, 11) is 0. The molecule has 0 aromatic heterocycles. The van der Waals surface area contributed by atoms with E-state index in [4.69, 9.17) is 37.9 Å². The van der Waals surface area contributed by atoms with E-state index in [9.17, 15) is 0 Å². The van der Waals surface area contributed by atoms with Crippen molar-refractivity contribution >= 4 is 10.8 Å². The van der Waals surface area contributed by atoms with Gasteiger partial charge in [0.2, 0.25) is 0 Å². The Bertz CT molecular complexity index is 1860. The average molecular weight is 737 g/mol. The van der Waals surface area contributed by atoms with Crippen LogP contribution in [0.4, 0.5) is 4.39 Å². The number of benzene rings is 5. The molecule has 284 valence electrons. The van der Waals surface area contributed by atoms with E-state index < -0.39 is 48.8 Å². The van der Waals surface area contributed by atoms with Crippen LogP contribution >= 0.6 is 0 Å². The molecule has 2 fully saturated rings. The van der Waals surface area contributed by atoms with Gasteiger partial charge >= 0.3 is 0 Å². The Morgan fingerprint density at radius 1 is 0.630 bits per heavy atom. The molecule has 2 aliphatic heterocycles. The Morgan fingerprint density at radius 3 is 1.81 bits per heavy atom. The van der Waals surface area contributed by atoms with Crippen LogP contribution in [-0.4, -0.2) is 68.6 Å². The summed E-state index contributed by atoms with van der Waals surface area (Å²) < 4.78 is 66.3. The van der Waals surface area contributed by atoms with Crippen molar-refractivity contribution in [2.45, 2.75) is 89.0 Å². The van der Waals surface area contributed by atoms with Gasteiger partial charge in [0.25, 0.3) is 0 Å². The first-order valence-electron chi connectivity index (χ1n) is 18.7. The van der Waals surface area contributed by atoms with Crippen LogP contribution in [0.2, 0.25) is 0 Å². The summed E-state index contributed by atoms with van der Waals surface area (Å²) in [6.07, 6.45) is -6.12. The maximum absolute atomic E-state index is 15.9. The van der Waals surface area contributed by atoms with Gasteiger partial charge in [0.15, 0.2) is 18.2 Å². The first-order valence-corrected chi connectivity index (χ1v) is 18.7. The zero-order valence-corrected chi connectivity index (χ0v) is 30.8. The van der Waals surface area contributed by atoms with E-state index >= 15 is 4.39 Å². The molecule has 0 N–H and O–H groups in total. The van der Waals surface area contributed by atoms with Gasteiger partial charge in [-0.1, -0.05) is 127 Å². The number of hydrogen-bond donors (Lipinski definition) is 0. The van der Waals surface area contributed by atoms with Gasteiger partial charge in [-0.2, -0.15) is 0 Å². The summed E-state index contributed by atoms with van der Waals surface area (Å²) in [6, 6.07) is 44.4. The number of ether oxygens (including phenoxy) is 8. The molecule has 0 radical (unpaired) electrons. The van der Waals surface area contributed by atoms with E-state index in [1.807, 2.05) is 103 Å². The van der Waals surface area contributed by atoms with Gasteiger partial charge in [0.1, 0.15) is 30.5 Å². The Kier molecular flexibility index (Phi) is 13.1. The predicted octanol–water partition coefficient (Wildman–Crippen LogP) is 8.34. The zero-order valence-electron chi connectivity index (χ0n) is 30.8. The SMILES string of the molecule is CC1(C)OCC2OC(OCC(OCc3ccccc3)C(OCc3ccccc3)C(COCc3ccc4ccccc4c3)OCc3ccccc3)C(F)C2O1. The van der Waals surface area contributed by atoms with Crippen LogP contribution in [-0.2, 0) is 64.3 Å². The minimum absolute atomic E-state index is 0.0447. The van der Waals surface area contributed by atoms with Crippen LogP contribution in [0.3, 0.4) is 0 Å². The Hall–Kier alpha value is -4.03. The zero-order chi connectivity index (χ0) is 37.2. The summed E-state index contributed by atoms with van der Waals surface area (Å²) in [6.45, 7) is 5.13. The van der Waals surface area contributed by atoms with Gasteiger partial charge in [-0.05, 0) is 52.9 Å². The normalized spacial score (nSPS) is 22.4. The molecule has 0 saturated carbocycles.